The van der Waals surface area contributed by atoms with Gasteiger partial charge >= 0.3 is 0 Å². The zero-order valence-corrected chi connectivity index (χ0v) is 11.9. The van der Waals surface area contributed by atoms with Gasteiger partial charge in [-0.3, -0.25) is 0 Å². The van der Waals surface area contributed by atoms with Crippen molar-refractivity contribution in [2.75, 3.05) is 6.61 Å². The van der Waals surface area contributed by atoms with Crippen molar-refractivity contribution < 1.29 is 20.4 Å². The lowest BCUT2D eigenvalue weighted by atomic mass is 10.1. The number of benzene rings is 1. The Morgan fingerprint density at radius 1 is 1.00 bits per heavy atom. The van der Waals surface area contributed by atoms with E-state index in [1.807, 2.05) is 30.3 Å². The van der Waals surface area contributed by atoms with Crippen LogP contribution >= 0.6 is 23.5 Å². The van der Waals surface area contributed by atoms with Gasteiger partial charge in [0.15, 0.2) is 0 Å². The van der Waals surface area contributed by atoms with Crippen LogP contribution in [0.4, 0.5) is 0 Å². The summed E-state index contributed by atoms with van der Waals surface area (Å²) in [5, 5.41) is 38.2. The molecule has 0 spiro atoms. The zero-order valence-electron chi connectivity index (χ0n) is 10.3. The number of hydrogen-bond acceptors (Lipinski definition) is 6. The summed E-state index contributed by atoms with van der Waals surface area (Å²) in [4.78, 5) is 0. The molecule has 1 fully saturated rings. The first kappa shape index (κ1) is 15.2. The predicted octanol–water partition coefficient (Wildman–Crippen LogP) is 0.436. The number of thioether (sulfide) groups is 2. The van der Waals surface area contributed by atoms with Gasteiger partial charge in [-0.05, 0) is 5.56 Å². The molecular formula is C13H18O4S2. The fourth-order valence-corrected chi connectivity index (χ4v) is 4.89. The largest absolute Gasteiger partial charge is 0.395 e. The number of aliphatic hydroxyl groups is 4. The van der Waals surface area contributed by atoms with Gasteiger partial charge in [-0.1, -0.05) is 30.3 Å². The minimum absolute atomic E-state index is 0.210. The average molecular weight is 302 g/mol. The van der Waals surface area contributed by atoms with Crippen molar-refractivity contribution in [3.63, 3.8) is 0 Å². The van der Waals surface area contributed by atoms with Crippen LogP contribution in [0.15, 0.2) is 30.3 Å². The molecule has 0 aliphatic carbocycles. The van der Waals surface area contributed by atoms with Gasteiger partial charge in [-0.2, -0.15) is 0 Å². The maximum Gasteiger partial charge on any atom is 0.109 e. The van der Waals surface area contributed by atoms with Crippen LogP contribution < -0.4 is 0 Å². The molecule has 0 unspecified atom stereocenters. The summed E-state index contributed by atoms with van der Waals surface area (Å²) in [7, 11) is 0. The van der Waals surface area contributed by atoms with Gasteiger partial charge in [0.25, 0.3) is 0 Å². The Kier molecular flexibility index (Phi) is 5.56. The summed E-state index contributed by atoms with van der Waals surface area (Å²) in [5.74, 6) is 0.719. The molecule has 1 aliphatic heterocycles. The Hall–Kier alpha value is -0.240. The summed E-state index contributed by atoms with van der Waals surface area (Å²) in [5.41, 5.74) is 1.14. The highest BCUT2D eigenvalue weighted by molar-refractivity contribution is 8.17. The lowest BCUT2D eigenvalue weighted by Gasteiger charge is -2.39. The van der Waals surface area contributed by atoms with Crippen LogP contribution in [-0.4, -0.2) is 55.2 Å². The van der Waals surface area contributed by atoms with E-state index >= 15 is 0 Å². The molecule has 1 saturated heterocycles. The quantitative estimate of drug-likeness (QED) is 0.646. The van der Waals surface area contributed by atoms with Crippen LogP contribution in [0.1, 0.15) is 5.56 Å². The molecular weight excluding hydrogens is 284 g/mol. The van der Waals surface area contributed by atoms with Gasteiger partial charge in [0.05, 0.1) is 22.5 Å². The standard InChI is InChI=1S/C13H18O4S2/c14-6-9-10(15)11(16)12(17)13(19-9)18-7-8-4-2-1-3-5-8/h1-5,9-17H,6-7H2/t9-,10-,11+,12-,13+/m0/s1. The van der Waals surface area contributed by atoms with Gasteiger partial charge in [0.1, 0.15) is 12.2 Å². The molecule has 4 nitrogen and oxygen atoms in total. The minimum Gasteiger partial charge on any atom is -0.395 e. The van der Waals surface area contributed by atoms with Crippen molar-refractivity contribution in [2.45, 2.75) is 33.9 Å². The minimum atomic E-state index is -1.20. The lowest BCUT2D eigenvalue weighted by molar-refractivity contribution is -0.0624. The molecule has 0 radical (unpaired) electrons. The predicted molar refractivity (Wildman–Crippen MR) is 78.0 cm³/mol. The summed E-state index contributed by atoms with van der Waals surface area (Å²) in [6, 6.07) is 9.86. The van der Waals surface area contributed by atoms with E-state index in [9.17, 15) is 20.4 Å². The first-order chi connectivity index (χ1) is 9.13. The Balaban J connectivity index is 1.95. The molecule has 0 saturated carbocycles. The molecule has 6 heteroatoms. The second kappa shape index (κ2) is 6.97. The van der Waals surface area contributed by atoms with E-state index in [1.165, 1.54) is 23.5 Å². The number of aliphatic hydroxyl groups excluding tert-OH is 4. The van der Waals surface area contributed by atoms with Crippen LogP contribution in [0.25, 0.3) is 0 Å². The molecule has 19 heavy (non-hydrogen) atoms. The van der Waals surface area contributed by atoms with E-state index in [-0.39, 0.29) is 11.2 Å². The topological polar surface area (TPSA) is 80.9 Å². The smallest absolute Gasteiger partial charge is 0.109 e. The fraction of sp³-hybridized carbons (Fsp3) is 0.538. The normalized spacial score (nSPS) is 35.3. The van der Waals surface area contributed by atoms with Gasteiger partial charge in [-0.25, -0.2) is 0 Å². The van der Waals surface area contributed by atoms with E-state index in [1.54, 1.807) is 0 Å². The Labute approximate surface area is 120 Å². The van der Waals surface area contributed by atoms with Gasteiger partial charge < -0.3 is 20.4 Å². The molecule has 0 bridgehead atoms. The van der Waals surface area contributed by atoms with E-state index in [0.29, 0.717) is 0 Å². The fourth-order valence-electron chi connectivity index (χ4n) is 1.96. The monoisotopic (exact) mass is 302 g/mol. The van der Waals surface area contributed by atoms with Crippen LogP contribution in [0.2, 0.25) is 0 Å². The number of rotatable bonds is 4. The molecule has 0 amide bonds. The summed E-state index contributed by atoms with van der Waals surface area (Å²) < 4.78 is -0.254. The van der Waals surface area contributed by atoms with Gasteiger partial charge in [0.2, 0.25) is 0 Å². The molecule has 0 aromatic heterocycles. The molecule has 5 atom stereocenters. The van der Waals surface area contributed by atoms with Gasteiger partial charge in [0, 0.05) is 5.75 Å². The first-order valence-corrected chi connectivity index (χ1v) is 8.08. The SMILES string of the molecule is OC[C@@H]1S[C@@H](SCc2ccccc2)[C@@H](O)[C@H](O)[C@H]1O. The molecule has 4 N–H and O–H groups in total. The molecule has 1 heterocycles. The third-order valence-electron chi connectivity index (χ3n) is 3.11. The van der Waals surface area contributed by atoms with E-state index < -0.39 is 23.6 Å². The average Bonchev–Trinajstić information content (AvgIpc) is 2.45. The Morgan fingerprint density at radius 3 is 2.32 bits per heavy atom. The van der Waals surface area contributed by atoms with Crippen molar-refractivity contribution in [1.29, 1.82) is 0 Å². The van der Waals surface area contributed by atoms with E-state index in [0.717, 1.165) is 11.3 Å². The second-order valence-electron chi connectivity index (χ2n) is 4.49. The third-order valence-corrected chi connectivity index (χ3v) is 6.28. The highest BCUT2D eigenvalue weighted by atomic mass is 32.2. The maximum absolute atomic E-state index is 9.97. The summed E-state index contributed by atoms with van der Waals surface area (Å²) in [6.45, 7) is -0.210. The zero-order chi connectivity index (χ0) is 13.8. The highest BCUT2D eigenvalue weighted by Crippen LogP contribution is 2.39. The van der Waals surface area contributed by atoms with Crippen LogP contribution in [0.5, 0.6) is 0 Å². The third kappa shape index (κ3) is 3.65. The van der Waals surface area contributed by atoms with Crippen LogP contribution in [0, 0.1) is 0 Å². The van der Waals surface area contributed by atoms with Crippen molar-refractivity contribution in [3.05, 3.63) is 35.9 Å². The summed E-state index contributed by atoms with van der Waals surface area (Å²) in [6.07, 6.45) is -3.28. The van der Waals surface area contributed by atoms with Gasteiger partial charge in [-0.15, -0.1) is 23.5 Å². The van der Waals surface area contributed by atoms with Crippen molar-refractivity contribution >= 4 is 23.5 Å². The Bertz CT molecular complexity index is 387. The second-order valence-corrected chi connectivity index (χ2v) is 7.31. The molecule has 1 aromatic carbocycles. The van der Waals surface area contributed by atoms with Crippen molar-refractivity contribution in [2.24, 2.45) is 0 Å². The maximum atomic E-state index is 9.97. The Morgan fingerprint density at radius 2 is 1.68 bits per heavy atom. The first-order valence-electron chi connectivity index (χ1n) is 6.09. The van der Waals surface area contributed by atoms with Crippen molar-refractivity contribution in [1.82, 2.24) is 0 Å². The molecule has 1 aromatic rings. The molecule has 106 valence electrons. The molecule has 2 rings (SSSR count). The summed E-state index contributed by atoms with van der Waals surface area (Å²) >= 11 is 2.84. The number of hydrogen-bond donors (Lipinski definition) is 4. The van der Waals surface area contributed by atoms with Crippen LogP contribution in [0.3, 0.4) is 0 Å². The van der Waals surface area contributed by atoms with Crippen LogP contribution in [-0.2, 0) is 5.75 Å². The highest BCUT2D eigenvalue weighted by Gasteiger charge is 2.43. The molecule has 1 aliphatic rings. The van der Waals surface area contributed by atoms with E-state index in [4.69, 9.17) is 0 Å². The lowest BCUT2D eigenvalue weighted by Crippen LogP contribution is -2.53. The van der Waals surface area contributed by atoms with Crippen molar-refractivity contribution in [3.8, 4) is 0 Å². The van der Waals surface area contributed by atoms with E-state index in [2.05, 4.69) is 0 Å².